The predicted octanol–water partition coefficient (Wildman–Crippen LogP) is 3.00. The van der Waals surface area contributed by atoms with E-state index in [1.165, 1.54) is 12.1 Å². The van der Waals surface area contributed by atoms with Crippen LogP contribution in [0.15, 0.2) is 29.2 Å². The van der Waals surface area contributed by atoms with Crippen LogP contribution in [0.2, 0.25) is 0 Å². The summed E-state index contributed by atoms with van der Waals surface area (Å²) in [5, 5.41) is 2.99. The molecule has 0 bridgehead atoms. The first kappa shape index (κ1) is 23.5. The van der Waals surface area contributed by atoms with Gasteiger partial charge in [-0.3, -0.25) is 8.98 Å². The first-order chi connectivity index (χ1) is 14.8. The van der Waals surface area contributed by atoms with Gasteiger partial charge in [0.05, 0.1) is 23.5 Å². The Bertz CT molecular complexity index is 876. The van der Waals surface area contributed by atoms with Gasteiger partial charge in [-0.1, -0.05) is 31.0 Å². The standard InChI is InChI=1S/C22H32N2O6S/c1-3-4-14-29-21(26)24-12-10-22(11-13-24)16-18(23-20(22)25)9-15-30-31(27,28)19-7-5-17(2)6-8-19/h5-8,18H,3-4,9-16H2,1-2H3,(H,23,25)/t18-/m0/s1. The SMILES string of the molecule is CCCCOC(=O)N1CCC2(CC1)C[C@H](CCOS(=O)(=O)c1ccc(C)cc1)NC2=O. The first-order valence-electron chi connectivity index (χ1n) is 10.9. The lowest BCUT2D eigenvalue weighted by Crippen LogP contribution is -2.46. The fraction of sp³-hybridized carbons (Fsp3) is 0.636. The quantitative estimate of drug-likeness (QED) is 0.481. The summed E-state index contributed by atoms with van der Waals surface area (Å²) < 4.78 is 35.1. The Hall–Kier alpha value is -2.13. The van der Waals surface area contributed by atoms with Gasteiger partial charge in [0.2, 0.25) is 5.91 Å². The van der Waals surface area contributed by atoms with E-state index in [4.69, 9.17) is 8.92 Å². The Morgan fingerprint density at radius 2 is 1.87 bits per heavy atom. The third-order valence-corrected chi connectivity index (χ3v) is 7.50. The number of carbonyl (C=O) groups excluding carboxylic acids is 2. The molecular formula is C22H32N2O6S. The Morgan fingerprint density at radius 1 is 1.19 bits per heavy atom. The van der Waals surface area contributed by atoms with Gasteiger partial charge >= 0.3 is 6.09 Å². The number of nitrogens with one attached hydrogen (secondary N) is 1. The maximum atomic E-state index is 12.7. The maximum absolute atomic E-state index is 12.7. The van der Waals surface area contributed by atoms with E-state index < -0.39 is 15.5 Å². The largest absolute Gasteiger partial charge is 0.449 e. The highest BCUT2D eigenvalue weighted by Gasteiger charge is 2.48. The second-order valence-corrected chi connectivity index (χ2v) is 10.1. The zero-order valence-corrected chi connectivity index (χ0v) is 19.1. The Kier molecular flexibility index (Phi) is 7.59. The van der Waals surface area contributed by atoms with E-state index in [-0.39, 0.29) is 29.5 Å². The third kappa shape index (κ3) is 5.77. The fourth-order valence-corrected chi connectivity index (χ4v) is 5.07. The van der Waals surface area contributed by atoms with Crippen molar-refractivity contribution in [2.45, 2.75) is 63.3 Å². The molecule has 2 saturated heterocycles. The zero-order valence-electron chi connectivity index (χ0n) is 18.3. The molecule has 0 unspecified atom stereocenters. The summed E-state index contributed by atoms with van der Waals surface area (Å²) >= 11 is 0. The average Bonchev–Trinajstić information content (AvgIpc) is 3.03. The van der Waals surface area contributed by atoms with Crippen molar-refractivity contribution in [3.05, 3.63) is 29.8 Å². The minimum atomic E-state index is -3.81. The van der Waals surface area contributed by atoms with Crippen molar-refractivity contribution in [3.8, 4) is 0 Å². The number of amides is 2. The van der Waals surface area contributed by atoms with Gasteiger partial charge in [0, 0.05) is 19.1 Å². The zero-order chi connectivity index (χ0) is 22.5. The Balaban J connectivity index is 1.46. The molecule has 2 heterocycles. The van der Waals surface area contributed by atoms with Crippen molar-refractivity contribution in [2.24, 2.45) is 5.41 Å². The monoisotopic (exact) mass is 452 g/mol. The molecule has 2 aliphatic rings. The lowest BCUT2D eigenvalue weighted by atomic mass is 9.76. The number of hydrogen-bond donors (Lipinski definition) is 1. The summed E-state index contributed by atoms with van der Waals surface area (Å²) in [6.07, 6.45) is 3.71. The van der Waals surface area contributed by atoms with Crippen LogP contribution < -0.4 is 5.32 Å². The second-order valence-electron chi connectivity index (χ2n) is 8.49. The van der Waals surface area contributed by atoms with Gasteiger partial charge in [0.15, 0.2) is 0 Å². The molecule has 2 aliphatic heterocycles. The molecule has 0 radical (unpaired) electrons. The van der Waals surface area contributed by atoms with Crippen LogP contribution >= 0.6 is 0 Å². The van der Waals surface area contributed by atoms with Crippen LogP contribution in [0.5, 0.6) is 0 Å². The summed E-state index contributed by atoms with van der Waals surface area (Å²) in [4.78, 5) is 26.6. The summed E-state index contributed by atoms with van der Waals surface area (Å²) in [7, 11) is -3.81. The molecule has 1 aromatic rings. The minimum Gasteiger partial charge on any atom is -0.449 e. The van der Waals surface area contributed by atoms with E-state index >= 15 is 0 Å². The lowest BCUT2D eigenvalue weighted by Gasteiger charge is -2.36. The topological polar surface area (TPSA) is 102 Å². The van der Waals surface area contributed by atoms with Gasteiger partial charge in [-0.15, -0.1) is 0 Å². The summed E-state index contributed by atoms with van der Waals surface area (Å²) in [6, 6.07) is 6.37. The second kappa shape index (κ2) is 9.99. The fourth-order valence-electron chi connectivity index (χ4n) is 4.14. The molecule has 1 aromatic carbocycles. The molecule has 1 spiro atoms. The van der Waals surface area contributed by atoms with Crippen LogP contribution in [0.25, 0.3) is 0 Å². The molecular weight excluding hydrogens is 420 g/mol. The Morgan fingerprint density at radius 3 is 2.52 bits per heavy atom. The van der Waals surface area contributed by atoms with Crippen LogP contribution in [0.4, 0.5) is 4.79 Å². The summed E-state index contributed by atoms with van der Waals surface area (Å²) in [5.41, 5.74) is 0.471. The van der Waals surface area contributed by atoms with Crippen molar-refractivity contribution in [2.75, 3.05) is 26.3 Å². The number of piperidine rings is 1. The number of benzene rings is 1. The molecule has 9 heteroatoms. The first-order valence-corrected chi connectivity index (χ1v) is 12.4. The maximum Gasteiger partial charge on any atom is 0.409 e. The van der Waals surface area contributed by atoms with E-state index in [9.17, 15) is 18.0 Å². The van der Waals surface area contributed by atoms with Crippen LogP contribution in [0, 0.1) is 12.3 Å². The van der Waals surface area contributed by atoms with Crippen molar-refractivity contribution in [3.63, 3.8) is 0 Å². The van der Waals surface area contributed by atoms with E-state index in [1.54, 1.807) is 17.0 Å². The number of carbonyl (C=O) groups is 2. The van der Waals surface area contributed by atoms with Gasteiger partial charge in [-0.05, 0) is 51.2 Å². The number of rotatable bonds is 8. The van der Waals surface area contributed by atoms with E-state index in [0.29, 0.717) is 45.4 Å². The van der Waals surface area contributed by atoms with Gasteiger partial charge in [0.25, 0.3) is 10.1 Å². The number of aryl methyl sites for hydroxylation is 1. The van der Waals surface area contributed by atoms with Gasteiger partial charge in [-0.25, -0.2) is 4.79 Å². The van der Waals surface area contributed by atoms with Crippen molar-refractivity contribution < 1.29 is 26.9 Å². The summed E-state index contributed by atoms with van der Waals surface area (Å²) in [6.45, 7) is 5.33. The normalized spacial score (nSPS) is 20.6. The number of nitrogens with zero attached hydrogens (tertiary/aromatic N) is 1. The molecule has 0 aliphatic carbocycles. The smallest absolute Gasteiger partial charge is 0.409 e. The number of likely N-dealkylation sites (tertiary alicyclic amines) is 1. The van der Waals surface area contributed by atoms with Crippen molar-refractivity contribution in [1.82, 2.24) is 10.2 Å². The molecule has 31 heavy (non-hydrogen) atoms. The van der Waals surface area contributed by atoms with E-state index in [0.717, 1.165) is 18.4 Å². The average molecular weight is 453 g/mol. The predicted molar refractivity (Wildman–Crippen MR) is 115 cm³/mol. The summed E-state index contributed by atoms with van der Waals surface area (Å²) in [5.74, 6) is -0.0158. The minimum absolute atomic E-state index is 0.00706. The number of unbranched alkanes of at least 4 members (excludes halogenated alkanes) is 1. The van der Waals surface area contributed by atoms with Crippen LogP contribution in [-0.4, -0.2) is 57.7 Å². The highest BCUT2D eigenvalue weighted by Crippen LogP contribution is 2.41. The lowest BCUT2D eigenvalue weighted by molar-refractivity contribution is -0.129. The van der Waals surface area contributed by atoms with Crippen LogP contribution in [0.3, 0.4) is 0 Å². The van der Waals surface area contributed by atoms with Crippen LogP contribution in [-0.2, 0) is 23.8 Å². The van der Waals surface area contributed by atoms with Gasteiger partial charge < -0.3 is 15.0 Å². The number of hydrogen-bond acceptors (Lipinski definition) is 6. The molecule has 8 nitrogen and oxygen atoms in total. The molecule has 2 fully saturated rings. The van der Waals surface area contributed by atoms with Crippen molar-refractivity contribution >= 4 is 22.1 Å². The third-order valence-electron chi connectivity index (χ3n) is 6.17. The van der Waals surface area contributed by atoms with Crippen molar-refractivity contribution in [1.29, 1.82) is 0 Å². The molecule has 1 atom stereocenters. The van der Waals surface area contributed by atoms with E-state index in [1.807, 2.05) is 13.8 Å². The van der Waals surface area contributed by atoms with E-state index in [2.05, 4.69) is 5.32 Å². The molecule has 2 amide bonds. The molecule has 0 saturated carbocycles. The molecule has 1 N–H and O–H groups in total. The Labute approximate surface area is 184 Å². The number of ether oxygens (including phenoxy) is 1. The van der Waals surface area contributed by atoms with Crippen LogP contribution in [0.1, 0.15) is 51.0 Å². The highest BCUT2D eigenvalue weighted by atomic mass is 32.2. The van der Waals surface area contributed by atoms with Gasteiger partial charge in [0.1, 0.15) is 0 Å². The van der Waals surface area contributed by atoms with Gasteiger partial charge in [-0.2, -0.15) is 8.42 Å². The molecule has 0 aromatic heterocycles. The molecule has 3 rings (SSSR count). The molecule has 172 valence electrons. The highest BCUT2D eigenvalue weighted by molar-refractivity contribution is 7.86.